The second-order valence-corrected chi connectivity index (χ2v) is 6.14. The first-order valence-electron chi connectivity index (χ1n) is 6.18. The molecule has 0 unspecified atom stereocenters. The zero-order chi connectivity index (χ0) is 16.8. The van der Waals surface area contributed by atoms with E-state index in [2.05, 4.69) is 4.18 Å². The molecule has 0 aliphatic carbocycles. The lowest BCUT2D eigenvalue weighted by Crippen LogP contribution is -2.28. The summed E-state index contributed by atoms with van der Waals surface area (Å²) in [7, 11) is -5.75. The minimum Gasteiger partial charge on any atom is -0.376 e. The molecule has 23 heavy (non-hydrogen) atoms. The Balaban J connectivity index is 2.21. The Labute approximate surface area is 128 Å². The van der Waals surface area contributed by atoms with E-state index in [9.17, 15) is 26.9 Å². The van der Waals surface area contributed by atoms with Crippen LogP contribution < -0.4 is 4.18 Å². The molecule has 1 aromatic carbocycles. The van der Waals surface area contributed by atoms with Gasteiger partial charge >= 0.3 is 15.6 Å². The molecule has 0 saturated carbocycles. The number of nitrogens with zero attached hydrogens (tertiary/aromatic N) is 2. The van der Waals surface area contributed by atoms with Crippen LogP contribution >= 0.6 is 0 Å². The maximum atomic E-state index is 12.4. The van der Waals surface area contributed by atoms with Crippen LogP contribution in [0.15, 0.2) is 42.6 Å². The molecule has 3 aromatic rings. The molecule has 0 amide bonds. The summed E-state index contributed by atoms with van der Waals surface area (Å²) in [6.45, 7) is 0. The molecule has 0 bridgehead atoms. The van der Waals surface area contributed by atoms with Crippen molar-refractivity contribution in [3.8, 4) is 11.8 Å². The molecule has 0 radical (unpaired) electrons. The summed E-state index contributed by atoms with van der Waals surface area (Å²) in [5.74, 6) is -0.484. The maximum absolute atomic E-state index is 12.4. The van der Waals surface area contributed by atoms with Crippen molar-refractivity contribution in [2.75, 3.05) is 0 Å². The fraction of sp³-hybridized carbons (Fsp3) is 0.0714. The molecule has 0 aliphatic rings. The van der Waals surface area contributed by atoms with Gasteiger partial charge < -0.3 is 8.58 Å². The number of benzene rings is 1. The van der Waals surface area contributed by atoms with Gasteiger partial charge in [-0.05, 0) is 24.3 Å². The van der Waals surface area contributed by atoms with Crippen molar-refractivity contribution in [2.24, 2.45) is 0 Å². The van der Waals surface area contributed by atoms with Gasteiger partial charge in [-0.2, -0.15) is 26.9 Å². The Morgan fingerprint density at radius 3 is 2.52 bits per heavy atom. The molecule has 0 atom stereocenters. The highest BCUT2D eigenvalue weighted by Gasteiger charge is 2.48. The van der Waals surface area contributed by atoms with Crippen molar-refractivity contribution >= 4 is 26.5 Å². The molecule has 0 fully saturated rings. The van der Waals surface area contributed by atoms with Gasteiger partial charge in [-0.15, -0.1) is 0 Å². The number of rotatable bonds is 2. The minimum absolute atomic E-state index is 0.339. The van der Waals surface area contributed by atoms with Gasteiger partial charge in [-0.25, -0.2) is 0 Å². The largest absolute Gasteiger partial charge is 0.534 e. The Bertz CT molecular complexity index is 1060. The zero-order valence-corrected chi connectivity index (χ0v) is 12.0. The van der Waals surface area contributed by atoms with Crippen molar-refractivity contribution in [1.29, 1.82) is 5.26 Å². The highest BCUT2D eigenvalue weighted by molar-refractivity contribution is 7.88. The Kier molecular flexibility index (Phi) is 3.23. The standard InChI is InChI=1S/C14H7F3N2O3S/c15-14(16,17)23(20,21)22-9-4-5-10-11(8-18)12-3-1-2-6-19(12)13(10)7-9/h1-7H. The Hall–Kier alpha value is -2.73. The van der Waals surface area contributed by atoms with Gasteiger partial charge in [0.2, 0.25) is 0 Å². The van der Waals surface area contributed by atoms with Gasteiger partial charge in [0.05, 0.1) is 16.6 Å². The van der Waals surface area contributed by atoms with E-state index in [0.29, 0.717) is 22.0 Å². The van der Waals surface area contributed by atoms with Crippen LogP contribution in [0.1, 0.15) is 5.56 Å². The summed E-state index contributed by atoms with van der Waals surface area (Å²) in [4.78, 5) is 0. The van der Waals surface area contributed by atoms with Gasteiger partial charge in [-0.1, -0.05) is 6.07 Å². The van der Waals surface area contributed by atoms with Crippen molar-refractivity contribution in [3.05, 3.63) is 48.2 Å². The summed E-state index contributed by atoms with van der Waals surface area (Å²) in [5.41, 5.74) is -4.25. The van der Waals surface area contributed by atoms with E-state index in [1.807, 2.05) is 6.07 Å². The van der Waals surface area contributed by atoms with Gasteiger partial charge in [0.25, 0.3) is 0 Å². The first kappa shape index (κ1) is 15.2. The minimum atomic E-state index is -5.75. The van der Waals surface area contributed by atoms with Crippen LogP contribution in [0.4, 0.5) is 13.2 Å². The van der Waals surface area contributed by atoms with E-state index in [1.54, 1.807) is 28.8 Å². The van der Waals surface area contributed by atoms with E-state index in [1.165, 1.54) is 6.07 Å². The summed E-state index contributed by atoms with van der Waals surface area (Å²) in [5, 5.41) is 9.73. The van der Waals surface area contributed by atoms with E-state index in [0.717, 1.165) is 12.1 Å². The van der Waals surface area contributed by atoms with Crippen LogP contribution in [0.5, 0.6) is 5.75 Å². The van der Waals surface area contributed by atoms with Crippen LogP contribution in [0, 0.1) is 11.3 Å². The molecule has 2 aromatic heterocycles. The van der Waals surface area contributed by atoms with Crippen LogP contribution in [0.25, 0.3) is 16.4 Å². The molecule has 2 heterocycles. The lowest BCUT2D eigenvalue weighted by molar-refractivity contribution is -0.0500. The van der Waals surface area contributed by atoms with Crippen LogP contribution in [-0.2, 0) is 10.1 Å². The van der Waals surface area contributed by atoms with E-state index >= 15 is 0 Å². The molecular formula is C14H7F3N2O3S. The molecule has 3 rings (SSSR count). The summed E-state index contributed by atoms with van der Waals surface area (Å²) < 4.78 is 65.0. The number of alkyl halides is 3. The lowest BCUT2D eigenvalue weighted by Gasteiger charge is -2.09. The van der Waals surface area contributed by atoms with E-state index < -0.39 is 21.4 Å². The lowest BCUT2D eigenvalue weighted by atomic mass is 10.1. The number of fused-ring (bicyclic) bond motifs is 3. The third kappa shape index (κ3) is 2.37. The average molecular weight is 340 g/mol. The van der Waals surface area contributed by atoms with Gasteiger partial charge in [-0.3, -0.25) is 0 Å². The van der Waals surface area contributed by atoms with Crippen LogP contribution in [-0.4, -0.2) is 18.3 Å². The molecule has 0 spiro atoms. The van der Waals surface area contributed by atoms with Gasteiger partial charge in [0, 0.05) is 17.6 Å². The molecule has 0 saturated heterocycles. The molecule has 0 aliphatic heterocycles. The van der Waals surface area contributed by atoms with Gasteiger partial charge in [0.1, 0.15) is 11.8 Å². The smallest absolute Gasteiger partial charge is 0.376 e. The maximum Gasteiger partial charge on any atom is 0.534 e. The predicted molar refractivity (Wildman–Crippen MR) is 75.2 cm³/mol. The van der Waals surface area contributed by atoms with Gasteiger partial charge in [0.15, 0.2) is 0 Å². The number of pyridine rings is 1. The van der Waals surface area contributed by atoms with Crippen molar-refractivity contribution in [3.63, 3.8) is 0 Å². The fourth-order valence-electron chi connectivity index (χ4n) is 2.26. The summed E-state index contributed by atoms with van der Waals surface area (Å²) in [6, 6.07) is 10.7. The monoisotopic (exact) mass is 340 g/mol. The predicted octanol–water partition coefficient (Wildman–Crippen LogP) is 3.19. The molecule has 118 valence electrons. The van der Waals surface area contributed by atoms with E-state index in [4.69, 9.17) is 0 Å². The normalized spacial score (nSPS) is 12.4. The highest BCUT2D eigenvalue weighted by atomic mass is 32.2. The number of hydrogen-bond acceptors (Lipinski definition) is 4. The molecular weight excluding hydrogens is 333 g/mol. The number of hydrogen-bond donors (Lipinski definition) is 0. The number of halogens is 3. The molecule has 5 nitrogen and oxygen atoms in total. The molecule has 0 N–H and O–H groups in total. The second kappa shape index (κ2) is 4.89. The third-order valence-corrected chi connectivity index (χ3v) is 4.19. The van der Waals surface area contributed by atoms with Crippen molar-refractivity contribution in [2.45, 2.75) is 5.51 Å². The van der Waals surface area contributed by atoms with Crippen molar-refractivity contribution in [1.82, 2.24) is 4.40 Å². The number of nitriles is 1. The first-order valence-corrected chi connectivity index (χ1v) is 7.59. The summed E-state index contributed by atoms with van der Waals surface area (Å²) >= 11 is 0. The summed E-state index contributed by atoms with van der Waals surface area (Å²) in [6.07, 6.45) is 1.61. The topological polar surface area (TPSA) is 71.6 Å². The zero-order valence-electron chi connectivity index (χ0n) is 11.2. The SMILES string of the molecule is N#Cc1c2ccc(OS(=O)(=O)C(F)(F)F)cc2n2ccccc12. The average Bonchev–Trinajstić information content (AvgIpc) is 2.79. The highest BCUT2D eigenvalue weighted by Crippen LogP contribution is 2.32. The van der Waals surface area contributed by atoms with E-state index in [-0.39, 0.29) is 0 Å². The van der Waals surface area contributed by atoms with Crippen molar-refractivity contribution < 1.29 is 25.8 Å². The third-order valence-electron chi connectivity index (χ3n) is 3.22. The molecule has 9 heteroatoms. The first-order chi connectivity index (χ1) is 10.7. The Morgan fingerprint density at radius 2 is 1.87 bits per heavy atom. The second-order valence-electron chi connectivity index (χ2n) is 4.60. The Morgan fingerprint density at radius 1 is 1.13 bits per heavy atom. The van der Waals surface area contributed by atoms with Crippen LogP contribution in [0.2, 0.25) is 0 Å². The fourth-order valence-corrected chi connectivity index (χ4v) is 2.71. The van der Waals surface area contributed by atoms with Crippen LogP contribution in [0.3, 0.4) is 0 Å². The number of aromatic nitrogens is 1. The quantitative estimate of drug-likeness (QED) is 0.530.